The van der Waals surface area contributed by atoms with E-state index in [2.05, 4.69) is 20.3 Å². The Labute approximate surface area is 160 Å². The third-order valence-electron chi connectivity index (χ3n) is 5.21. The number of nitrogen functional groups attached to an aromatic ring is 1. The molecule has 1 aliphatic rings. The second-order valence-electron chi connectivity index (χ2n) is 7.19. The topological polar surface area (TPSA) is 93.8 Å². The van der Waals surface area contributed by atoms with Gasteiger partial charge >= 0.3 is 0 Å². The molecule has 28 heavy (non-hydrogen) atoms. The number of nitrogens with two attached hydrogens (primary N) is 1. The summed E-state index contributed by atoms with van der Waals surface area (Å²) in [7, 11) is 0. The number of pyridine rings is 3. The zero-order valence-corrected chi connectivity index (χ0v) is 15.4. The predicted molar refractivity (Wildman–Crippen MR) is 103 cm³/mol. The van der Waals surface area contributed by atoms with Crippen LogP contribution in [-0.4, -0.2) is 20.9 Å². The van der Waals surface area contributed by atoms with Crippen LogP contribution >= 0.6 is 0 Å². The van der Waals surface area contributed by atoms with Gasteiger partial charge in [0, 0.05) is 41.0 Å². The highest BCUT2D eigenvalue weighted by Crippen LogP contribution is 2.38. The molecule has 1 saturated carbocycles. The highest BCUT2D eigenvalue weighted by molar-refractivity contribution is 5.98. The highest BCUT2D eigenvalue weighted by atomic mass is 19.3. The minimum Gasteiger partial charge on any atom is -0.383 e. The van der Waals surface area contributed by atoms with Crippen LogP contribution in [-0.2, 0) is 4.79 Å². The number of hydrogen-bond acceptors (Lipinski definition) is 5. The molecule has 0 bridgehead atoms. The molecule has 0 aliphatic heterocycles. The number of halogens is 2. The lowest BCUT2D eigenvalue weighted by atomic mass is 10.0. The summed E-state index contributed by atoms with van der Waals surface area (Å²) in [5, 5.41) is 4.15. The van der Waals surface area contributed by atoms with Gasteiger partial charge in [-0.25, -0.2) is 18.7 Å². The molecule has 0 aromatic carbocycles. The van der Waals surface area contributed by atoms with Crippen LogP contribution in [0.3, 0.4) is 0 Å². The second kappa shape index (κ2) is 6.78. The molecule has 1 amide bonds. The predicted octanol–water partition coefficient (Wildman–Crippen LogP) is 4.11. The van der Waals surface area contributed by atoms with Gasteiger partial charge in [-0.1, -0.05) is 6.92 Å². The van der Waals surface area contributed by atoms with E-state index in [1.165, 1.54) is 6.20 Å². The summed E-state index contributed by atoms with van der Waals surface area (Å²) in [6, 6.07) is 3.45. The Bertz CT molecular complexity index is 1090. The van der Waals surface area contributed by atoms with Gasteiger partial charge in [0.1, 0.15) is 11.6 Å². The fourth-order valence-corrected chi connectivity index (χ4v) is 3.31. The number of nitrogens with one attached hydrogen (secondary N) is 1. The number of carbonyl (C=O) groups is 1. The zero-order chi connectivity index (χ0) is 20.0. The van der Waals surface area contributed by atoms with E-state index in [9.17, 15) is 13.6 Å². The normalized spacial score (nSPS) is 18.5. The van der Waals surface area contributed by atoms with Gasteiger partial charge < -0.3 is 11.1 Å². The molecule has 3 heterocycles. The highest BCUT2D eigenvalue weighted by Gasteiger charge is 2.39. The van der Waals surface area contributed by atoms with Crippen molar-refractivity contribution >= 4 is 28.3 Å². The van der Waals surface area contributed by atoms with Gasteiger partial charge in [0.15, 0.2) is 0 Å². The Morgan fingerprint density at radius 2 is 2.04 bits per heavy atom. The molecular formula is C20H19F2N5O. The summed E-state index contributed by atoms with van der Waals surface area (Å²) in [5.41, 5.74) is 7.26. The lowest BCUT2D eigenvalue weighted by Gasteiger charge is -2.12. The Kier molecular flexibility index (Phi) is 4.41. The number of nitrogens with zero attached hydrogens (tertiary/aromatic N) is 3. The number of amides is 1. The Balaban J connectivity index is 1.74. The molecular weight excluding hydrogens is 364 g/mol. The summed E-state index contributed by atoms with van der Waals surface area (Å²) >= 11 is 0. The Hall–Kier alpha value is -3.16. The maximum atomic E-state index is 13.2. The SMILES string of the molecule is Cc1c(-c2cc3cc(NC(=O)[C@H]4C[C@@H]4C)ncc3c(N)n2)cncc1C(F)F. The van der Waals surface area contributed by atoms with Gasteiger partial charge in [0.2, 0.25) is 5.91 Å². The number of alkyl halides is 2. The van der Waals surface area contributed by atoms with Crippen molar-refractivity contribution in [2.45, 2.75) is 26.7 Å². The molecule has 4 rings (SSSR count). The summed E-state index contributed by atoms with van der Waals surface area (Å²) in [5.74, 6) is 1.03. The van der Waals surface area contributed by atoms with Gasteiger partial charge in [0.25, 0.3) is 6.43 Å². The number of anilines is 2. The number of rotatable bonds is 4. The zero-order valence-electron chi connectivity index (χ0n) is 15.4. The van der Waals surface area contributed by atoms with E-state index in [0.717, 1.165) is 12.6 Å². The number of carbonyl (C=O) groups excluding carboxylic acids is 1. The van der Waals surface area contributed by atoms with Crippen LogP contribution in [0.15, 0.2) is 30.7 Å². The van der Waals surface area contributed by atoms with Crippen molar-refractivity contribution in [3.8, 4) is 11.3 Å². The summed E-state index contributed by atoms with van der Waals surface area (Å²) in [6.45, 7) is 3.64. The van der Waals surface area contributed by atoms with E-state index < -0.39 is 6.43 Å². The van der Waals surface area contributed by atoms with Gasteiger partial charge in [-0.3, -0.25) is 9.78 Å². The largest absolute Gasteiger partial charge is 0.383 e. The molecule has 2 atom stereocenters. The summed E-state index contributed by atoms with van der Waals surface area (Å²) in [6.07, 6.45) is 2.46. The molecule has 6 nitrogen and oxygen atoms in total. The van der Waals surface area contributed by atoms with Crippen LogP contribution in [0.4, 0.5) is 20.4 Å². The smallest absolute Gasteiger partial charge is 0.265 e. The molecule has 1 fully saturated rings. The molecule has 0 unspecified atom stereocenters. The van der Waals surface area contributed by atoms with Crippen molar-refractivity contribution in [2.75, 3.05) is 11.1 Å². The van der Waals surface area contributed by atoms with Crippen LogP contribution in [0.1, 0.15) is 30.9 Å². The first-order chi connectivity index (χ1) is 13.3. The van der Waals surface area contributed by atoms with Crippen LogP contribution in [0, 0.1) is 18.8 Å². The van der Waals surface area contributed by atoms with Gasteiger partial charge in [-0.05, 0) is 42.3 Å². The average Bonchev–Trinajstić information content (AvgIpc) is 3.38. The van der Waals surface area contributed by atoms with E-state index in [1.807, 2.05) is 6.92 Å². The third kappa shape index (κ3) is 3.26. The second-order valence-corrected chi connectivity index (χ2v) is 7.19. The van der Waals surface area contributed by atoms with Crippen molar-refractivity contribution in [3.05, 3.63) is 41.9 Å². The molecule has 0 radical (unpaired) electrons. The van der Waals surface area contributed by atoms with Crippen molar-refractivity contribution in [1.29, 1.82) is 0 Å². The molecule has 0 spiro atoms. The third-order valence-corrected chi connectivity index (χ3v) is 5.21. The van der Waals surface area contributed by atoms with Crippen molar-refractivity contribution in [2.24, 2.45) is 11.8 Å². The number of aromatic nitrogens is 3. The summed E-state index contributed by atoms with van der Waals surface area (Å²) < 4.78 is 26.4. The Morgan fingerprint density at radius 1 is 1.29 bits per heavy atom. The van der Waals surface area contributed by atoms with Crippen LogP contribution in [0.2, 0.25) is 0 Å². The standard InChI is InChI=1S/C20H19F2N5O/c1-9-3-12(9)20(28)27-17-5-11-4-16(26-19(23)15(11)8-25-17)13-6-24-7-14(10(13)2)18(21)22/h4-9,12,18H,3H2,1-2H3,(H2,23,26)(H,25,27,28)/t9-,12-/m0/s1. The first-order valence-electron chi connectivity index (χ1n) is 8.95. The molecule has 144 valence electrons. The first-order valence-corrected chi connectivity index (χ1v) is 8.95. The van der Waals surface area contributed by atoms with E-state index in [0.29, 0.717) is 39.3 Å². The minimum atomic E-state index is -2.62. The van der Waals surface area contributed by atoms with Crippen LogP contribution in [0.25, 0.3) is 22.0 Å². The number of hydrogen-bond donors (Lipinski definition) is 2. The molecule has 3 aromatic heterocycles. The van der Waals surface area contributed by atoms with Gasteiger partial charge in [0.05, 0.1) is 5.69 Å². The van der Waals surface area contributed by atoms with Crippen molar-refractivity contribution in [3.63, 3.8) is 0 Å². The lowest BCUT2D eigenvalue weighted by Crippen LogP contribution is -2.15. The van der Waals surface area contributed by atoms with E-state index in [-0.39, 0.29) is 23.2 Å². The Morgan fingerprint density at radius 3 is 2.71 bits per heavy atom. The maximum Gasteiger partial charge on any atom is 0.265 e. The summed E-state index contributed by atoms with van der Waals surface area (Å²) in [4.78, 5) is 24.6. The molecule has 3 N–H and O–H groups in total. The lowest BCUT2D eigenvalue weighted by molar-refractivity contribution is -0.117. The monoisotopic (exact) mass is 383 g/mol. The van der Waals surface area contributed by atoms with Gasteiger partial charge in [-0.15, -0.1) is 0 Å². The molecule has 0 saturated heterocycles. The number of fused-ring (bicyclic) bond motifs is 1. The average molecular weight is 383 g/mol. The molecule has 8 heteroatoms. The van der Waals surface area contributed by atoms with Crippen LogP contribution in [0.5, 0.6) is 0 Å². The van der Waals surface area contributed by atoms with Crippen LogP contribution < -0.4 is 11.1 Å². The van der Waals surface area contributed by atoms with E-state index in [1.54, 1.807) is 25.3 Å². The quantitative estimate of drug-likeness (QED) is 0.707. The van der Waals surface area contributed by atoms with E-state index >= 15 is 0 Å². The fraction of sp³-hybridized carbons (Fsp3) is 0.300. The van der Waals surface area contributed by atoms with Crippen molar-refractivity contribution < 1.29 is 13.6 Å². The fourth-order valence-electron chi connectivity index (χ4n) is 3.31. The van der Waals surface area contributed by atoms with Crippen molar-refractivity contribution in [1.82, 2.24) is 15.0 Å². The maximum absolute atomic E-state index is 13.2. The van der Waals surface area contributed by atoms with E-state index in [4.69, 9.17) is 5.73 Å². The first kappa shape index (κ1) is 18.2. The molecule has 1 aliphatic carbocycles. The minimum absolute atomic E-state index is 0.0291. The van der Waals surface area contributed by atoms with Gasteiger partial charge in [-0.2, -0.15) is 0 Å². The molecule has 3 aromatic rings.